The van der Waals surface area contributed by atoms with Crippen LogP contribution in [0.1, 0.15) is 18.9 Å². The highest BCUT2D eigenvalue weighted by Gasteiger charge is 2.34. The summed E-state index contributed by atoms with van der Waals surface area (Å²) in [5, 5.41) is 9.92. The van der Waals surface area contributed by atoms with Crippen molar-refractivity contribution in [2.75, 3.05) is 5.75 Å². The lowest BCUT2D eigenvalue weighted by molar-refractivity contribution is -0.134. The Morgan fingerprint density at radius 3 is 2.35 bits per heavy atom. The molecule has 94 valence electrons. The molecule has 17 heavy (non-hydrogen) atoms. The molecule has 1 aromatic rings. The van der Waals surface area contributed by atoms with E-state index in [1.807, 2.05) is 19.1 Å². The molecule has 0 aromatic heterocycles. The molecular weight excluding hydrogens is 238 g/mol. The molecule has 0 aliphatic rings. The van der Waals surface area contributed by atoms with Crippen molar-refractivity contribution < 1.29 is 14.1 Å². The third-order valence-corrected chi connectivity index (χ3v) is 4.23. The topological polar surface area (TPSA) is 80.4 Å². The van der Waals surface area contributed by atoms with Gasteiger partial charge < -0.3 is 10.8 Å². The van der Waals surface area contributed by atoms with Gasteiger partial charge in [-0.05, 0) is 25.5 Å². The first-order chi connectivity index (χ1) is 7.89. The van der Waals surface area contributed by atoms with Crippen LogP contribution in [0, 0.1) is 6.92 Å². The molecule has 0 heterocycles. The lowest BCUT2D eigenvalue weighted by Gasteiger charge is -2.22. The van der Waals surface area contributed by atoms with E-state index >= 15 is 0 Å². The van der Waals surface area contributed by atoms with Crippen LogP contribution < -0.4 is 5.73 Å². The van der Waals surface area contributed by atoms with E-state index in [4.69, 9.17) is 5.73 Å². The highest BCUT2D eigenvalue weighted by atomic mass is 32.2. The molecule has 0 bridgehead atoms. The molecule has 1 unspecified atom stereocenters. The van der Waals surface area contributed by atoms with Gasteiger partial charge in [0, 0.05) is 4.90 Å². The average Bonchev–Trinajstić information content (AvgIpc) is 2.29. The van der Waals surface area contributed by atoms with Crippen LogP contribution in [-0.2, 0) is 15.6 Å². The molecule has 0 aliphatic heterocycles. The van der Waals surface area contributed by atoms with E-state index in [1.165, 1.54) is 0 Å². The fourth-order valence-electron chi connectivity index (χ4n) is 1.34. The minimum Gasteiger partial charge on any atom is -0.379 e. The Labute approximate surface area is 103 Å². The zero-order valence-electron chi connectivity index (χ0n) is 9.97. The molecular formula is C12H17NO3S. The third-order valence-electron chi connectivity index (χ3n) is 2.70. The number of primary amides is 1. The number of nitrogens with two attached hydrogens (primary N) is 1. The Morgan fingerprint density at radius 1 is 1.41 bits per heavy atom. The van der Waals surface area contributed by atoms with E-state index in [1.54, 1.807) is 19.1 Å². The van der Waals surface area contributed by atoms with Crippen LogP contribution in [0.15, 0.2) is 29.2 Å². The Morgan fingerprint density at radius 2 is 1.94 bits per heavy atom. The summed E-state index contributed by atoms with van der Waals surface area (Å²) in [5.74, 6) is -0.998. The van der Waals surface area contributed by atoms with Gasteiger partial charge in [0.2, 0.25) is 5.91 Å². The van der Waals surface area contributed by atoms with Crippen molar-refractivity contribution in [3.63, 3.8) is 0 Å². The van der Waals surface area contributed by atoms with Crippen molar-refractivity contribution in [1.29, 1.82) is 0 Å². The molecule has 3 N–H and O–H groups in total. The summed E-state index contributed by atoms with van der Waals surface area (Å²) in [6, 6.07) is 7.12. The zero-order valence-corrected chi connectivity index (χ0v) is 10.8. The van der Waals surface area contributed by atoms with Gasteiger partial charge in [0.15, 0.2) is 5.60 Å². The number of rotatable bonds is 5. The molecule has 0 fully saturated rings. The molecule has 4 nitrogen and oxygen atoms in total. The fourth-order valence-corrected chi connectivity index (χ4v) is 2.72. The van der Waals surface area contributed by atoms with E-state index < -0.39 is 22.3 Å². The molecule has 1 aromatic carbocycles. The van der Waals surface area contributed by atoms with Crippen LogP contribution in [0.4, 0.5) is 0 Å². The highest BCUT2D eigenvalue weighted by molar-refractivity contribution is 7.85. The van der Waals surface area contributed by atoms with Gasteiger partial charge in [0.25, 0.3) is 0 Å². The Hall–Kier alpha value is -1.20. The number of carbonyl (C=O) groups excluding carboxylic acids is 1. The van der Waals surface area contributed by atoms with Crippen LogP contribution in [0.2, 0.25) is 0 Å². The second kappa shape index (κ2) is 5.42. The number of carbonyl (C=O) groups is 1. The summed E-state index contributed by atoms with van der Waals surface area (Å²) in [4.78, 5) is 11.7. The molecule has 0 saturated heterocycles. The molecule has 2 atom stereocenters. The molecule has 0 saturated carbocycles. The largest absolute Gasteiger partial charge is 0.379 e. The Kier molecular flexibility index (Phi) is 4.42. The van der Waals surface area contributed by atoms with Crippen LogP contribution in [0.5, 0.6) is 0 Å². The van der Waals surface area contributed by atoms with Crippen LogP contribution in [-0.4, -0.2) is 26.6 Å². The maximum atomic E-state index is 12.0. The molecule has 5 heteroatoms. The maximum absolute atomic E-state index is 12.0. The monoisotopic (exact) mass is 255 g/mol. The molecule has 1 rings (SSSR count). The van der Waals surface area contributed by atoms with Crippen molar-refractivity contribution in [3.05, 3.63) is 29.8 Å². The number of hydrogen-bond acceptors (Lipinski definition) is 3. The number of benzene rings is 1. The molecule has 0 radical (unpaired) electrons. The first-order valence-electron chi connectivity index (χ1n) is 5.36. The SMILES string of the molecule is CC[C@@](O)(CS(=O)c1ccc(C)cc1)C(N)=O. The molecule has 0 spiro atoms. The third kappa shape index (κ3) is 3.38. The fraction of sp³-hybridized carbons (Fsp3) is 0.417. The second-order valence-corrected chi connectivity index (χ2v) is 5.50. The smallest absolute Gasteiger partial charge is 0.250 e. The zero-order chi connectivity index (χ0) is 13.1. The van der Waals surface area contributed by atoms with Crippen molar-refractivity contribution in [2.24, 2.45) is 5.73 Å². The Bertz CT molecular complexity index is 430. The van der Waals surface area contributed by atoms with Gasteiger partial charge in [0.05, 0.1) is 16.6 Å². The first kappa shape index (κ1) is 13.9. The maximum Gasteiger partial charge on any atom is 0.250 e. The van der Waals surface area contributed by atoms with E-state index in [2.05, 4.69) is 0 Å². The summed E-state index contributed by atoms with van der Waals surface area (Å²) in [5.41, 5.74) is 4.47. The second-order valence-electron chi connectivity index (χ2n) is 4.05. The van der Waals surface area contributed by atoms with Gasteiger partial charge in [-0.1, -0.05) is 24.6 Å². The van der Waals surface area contributed by atoms with Gasteiger partial charge in [-0.2, -0.15) is 0 Å². The number of hydrogen-bond donors (Lipinski definition) is 2. The molecule has 1 amide bonds. The number of amides is 1. The number of aryl methyl sites for hydroxylation is 1. The van der Waals surface area contributed by atoms with Gasteiger partial charge >= 0.3 is 0 Å². The van der Waals surface area contributed by atoms with Gasteiger partial charge in [-0.3, -0.25) is 9.00 Å². The lowest BCUT2D eigenvalue weighted by Crippen LogP contribution is -2.47. The summed E-state index contributed by atoms with van der Waals surface area (Å²) >= 11 is 0. The van der Waals surface area contributed by atoms with E-state index in [0.717, 1.165) is 5.56 Å². The summed E-state index contributed by atoms with van der Waals surface area (Å²) in [7, 11) is -1.43. The van der Waals surface area contributed by atoms with Crippen molar-refractivity contribution >= 4 is 16.7 Å². The van der Waals surface area contributed by atoms with Gasteiger partial charge in [-0.25, -0.2) is 0 Å². The lowest BCUT2D eigenvalue weighted by atomic mass is 10.0. The summed E-state index contributed by atoms with van der Waals surface area (Å²) in [6.45, 7) is 3.57. The average molecular weight is 255 g/mol. The molecule has 0 aliphatic carbocycles. The van der Waals surface area contributed by atoms with Crippen molar-refractivity contribution in [3.8, 4) is 0 Å². The Balaban J connectivity index is 2.85. The predicted molar refractivity (Wildman–Crippen MR) is 66.9 cm³/mol. The van der Waals surface area contributed by atoms with E-state index in [9.17, 15) is 14.1 Å². The minimum atomic E-state index is -1.70. The quantitative estimate of drug-likeness (QED) is 0.814. The summed E-state index contributed by atoms with van der Waals surface area (Å²) in [6.07, 6.45) is 0.153. The van der Waals surface area contributed by atoms with E-state index in [-0.39, 0.29) is 12.2 Å². The van der Waals surface area contributed by atoms with E-state index in [0.29, 0.717) is 4.90 Å². The minimum absolute atomic E-state index is 0.153. The first-order valence-corrected chi connectivity index (χ1v) is 6.68. The van der Waals surface area contributed by atoms with Crippen molar-refractivity contribution in [1.82, 2.24) is 0 Å². The van der Waals surface area contributed by atoms with Crippen LogP contribution in [0.3, 0.4) is 0 Å². The summed E-state index contributed by atoms with van der Waals surface area (Å²) < 4.78 is 12.0. The van der Waals surface area contributed by atoms with Gasteiger partial charge in [0.1, 0.15) is 0 Å². The highest BCUT2D eigenvalue weighted by Crippen LogP contribution is 2.16. The normalized spacial score (nSPS) is 16.2. The van der Waals surface area contributed by atoms with Crippen molar-refractivity contribution in [2.45, 2.75) is 30.8 Å². The van der Waals surface area contributed by atoms with Crippen LogP contribution in [0.25, 0.3) is 0 Å². The standard InChI is InChI=1S/C12H17NO3S/c1-3-12(15,11(13)14)8-17(16)10-6-4-9(2)5-7-10/h4-7,15H,3,8H2,1-2H3,(H2,13,14)/t12-,17?/m1/s1. The van der Waals surface area contributed by atoms with Crippen LogP contribution >= 0.6 is 0 Å². The number of aliphatic hydroxyl groups is 1. The predicted octanol–water partition coefficient (Wildman–Crippen LogP) is 0.729. The van der Waals surface area contributed by atoms with Gasteiger partial charge in [-0.15, -0.1) is 0 Å².